The van der Waals surface area contributed by atoms with Gasteiger partial charge >= 0.3 is 5.97 Å². The molecule has 0 aliphatic heterocycles. The molecule has 138 valence electrons. The molecule has 0 N–H and O–H groups in total. The zero-order chi connectivity index (χ0) is 18.0. The van der Waals surface area contributed by atoms with Gasteiger partial charge in [0, 0.05) is 24.7 Å². The summed E-state index contributed by atoms with van der Waals surface area (Å²) >= 11 is 0. The van der Waals surface area contributed by atoms with Crippen LogP contribution in [0.15, 0.2) is 0 Å². The van der Waals surface area contributed by atoms with Crippen molar-refractivity contribution in [3.63, 3.8) is 0 Å². The smallest absolute Gasteiger partial charge is 0.309 e. The molecule has 0 radical (unpaired) electrons. The maximum absolute atomic E-state index is 12.6. The van der Waals surface area contributed by atoms with E-state index in [1.54, 1.807) is 0 Å². The van der Waals surface area contributed by atoms with Crippen LogP contribution in [0.4, 0.5) is 0 Å². The second-order valence-corrected chi connectivity index (χ2v) is 9.46. The third-order valence-electron chi connectivity index (χ3n) is 8.82. The average Bonchev–Trinajstić information content (AvgIpc) is 2.89. The van der Waals surface area contributed by atoms with Crippen molar-refractivity contribution in [2.75, 3.05) is 7.11 Å². The first-order valence-electron chi connectivity index (χ1n) is 9.95. The van der Waals surface area contributed by atoms with E-state index in [2.05, 4.69) is 13.8 Å². The van der Waals surface area contributed by atoms with Crippen LogP contribution in [0.3, 0.4) is 0 Å². The van der Waals surface area contributed by atoms with Crippen LogP contribution in [0.1, 0.15) is 65.2 Å². The summed E-state index contributed by atoms with van der Waals surface area (Å²) in [5.41, 5.74) is -0.299. The number of hydrogen-bond donors (Lipinski definition) is 0. The molecule has 7 atom stereocenters. The van der Waals surface area contributed by atoms with Crippen molar-refractivity contribution in [1.29, 1.82) is 0 Å². The Labute approximate surface area is 150 Å². The summed E-state index contributed by atoms with van der Waals surface area (Å²) < 4.78 is 5.11. The van der Waals surface area contributed by atoms with E-state index >= 15 is 0 Å². The van der Waals surface area contributed by atoms with Crippen LogP contribution in [0.5, 0.6) is 0 Å². The van der Waals surface area contributed by atoms with Gasteiger partial charge in [0.2, 0.25) is 0 Å². The van der Waals surface area contributed by atoms with Crippen molar-refractivity contribution in [1.82, 2.24) is 0 Å². The van der Waals surface area contributed by atoms with E-state index < -0.39 is 0 Å². The van der Waals surface area contributed by atoms with E-state index in [1.165, 1.54) is 7.11 Å². The number of ether oxygens (including phenoxy) is 1. The Morgan fingerprint density at radius 2 is 1.80 bits per heavy atom. The Kier molecular flexibility index (Phi) is 3.90. The van der Waals surface area contributed by atoms with E-state index in [4.69, 9.17) is 4.74 Å². The van der Waals surface area contributed by atoms with E-state index in [0.717, 1.165) is 38.5 Å². The van der Waals surface area contributed by atoms with Crippen molar-refractivity contribution in [2.24, 2.45) is 40.4 Å². The van der Waals surface area contributed by atoms with Crippen molar-refractivity contribution >= 4 is 17.5 Å². The molecule has 0 amide bonds. The molecule has 4 aliphatic carbocycles. The SMILES string of the molecule is COC(=O)C1CC(=O)CC2CC[C@@H]3[C@H](CC[C@]4(C)C(=O)CC[C@@H]34)[C@]21C. The van der Waals surface area contributed by atoms with E-state index in [-0.39, 0.29) is 28.5 Å². The standard InChI is InChI=1S/C21H30O4/c1-20-9-8-16-14(15(20)6-7-18(20)23)5-4-12-10-13(22)11-17(19(24)25-3)21(12,16)2/h12,14-17H,4-11H2,1-3H3/t12?,14-,15-,16-,17?,20-,21-/m0/s1. The van der Waals surface area contributed by atoms with Gasteiger partial charge in [-0.2, -0.15) is 0 Å². The second kappa shape index (κ2) is 5.65. The van der Waals surface area contributed by atoms with Gasteiger partial charge in [0.05, 0.1) is 13.0 Å². The maximum atomic E-state index is 12.6. The third-order valence-corrected chi connectivity index (χ3v) is 8.82. The van der Waals surface area contributed by atoms with Crippen LogP contribution in [0.2, 0.25) is 0 Å². The summed E-state index contributed by atoms with van der Waals surface area (Å²) in [5.74, 6) is 1.86. The first kappa shape index (κ1) is 17.2. The number of rotatable bonds is 1. The van der Waals surface area contributed by atoms with Gasteiger partial charge in [0.15, 0.2) is 0 Å². The number of hydrogen-bond acceptors (Lipinski definition) is 4. The highest BCUT2D eigenvalue weighted by Crippen LogP contribution is 2.66. The van der Waals surface area contributed by atoms with Gasteiger partial charge in [-0.25, -0.2) is 0 Å². The quantitative estimate of drug-likeness (QED) is 0.681. The van der Waals surface area contributed by atoms with Gasteiger partial charge in [-0.1, -0.05) is 13.8 Å². The van der Waals surface area contributed by atoms with Crippen LogP contribution in [0, 0.1) is 40.4 Å². The minimum Gasteiger partial charge on any atom is -0.469 e. The first-order chi connectivity index (χ1) is 11.8. The normalized spacial score (nSPS) is 49.2. The highest BCUT2D eigenvalue weighted by molar-refractivity contribution is 5.88. The molecule has 4 nitrogen and oxygen atoms in total. The topological polar surface area (TPSA) is 60.4 Å². The molecule has 0 aromatic carbocycles. The largest absolute Gasteiger partial charge is 0.469 e. The van der Waals surface area contributed by atoms with Crippen LogP contribution in [-0.4, -0.2) is 24.6 Å². The molecular weight excluding hydrogens is 316 g/mol. The third kappa shape index (κ3) is 2.21. The van der Waals surface area contributed by atoms with Gasteiger partial charge in [-0.05, 0) is 61.2 Å². The Hall–Kier alpha value is -1.19. The lowest BCUT2D eigenvalue weighted by Gasteiger charge is -2.61. The van der Waals surface area contributed by atoms with Crippen molar-refractivity contribution in [3.05, 3.63) is 0 Å². The van der Waals surface area contributed by atoms with E-state index in [0.29, 0.717) is 42.3 Å². The van der Waals surface area contributed by atoms with Crippen molar-refractivity contribution < 1.29 is 19.1 Å². The molecular formula is C21H30O4. The minimum absolute atomic E-state index is 0.143. The molecule has 0 spiro atoms. The van der Waals surface area contributed by atoms with Gasteiger partial charge in [0.1, 0.15) is 11.6 Å². The Morgan fingerprint density at radius 3 is 2.52 bits per heavy atom. The molecule has 4 aliphatic rings. The molecule has 0 bridgehead atoms. The van der Waals surface area contributed by atoms with Crippen LogP contribution in [0.25, 0.3) is 0 Å². The lowest BCUT2D eigenvalue weighted by atomic mass is 9.43. The molecule has 4 saturated carbocycles. The maximum Gasteiger partial charge on any atom is 0.309 e. The van der Waals surface area contributed by atoms with Gasteiger partial charge in [-0.3, -0.25) is 14.4 Å². The fraction of sp³-hybridized carbons (Fsp3) is 0.857. The predicted molar refractivity (Wildman–Crippen MR) is 92.6 cm³/mol. The summed E-state index contributed by atoms with van der Waals surface area (Å²) in [7, 11) is 1.44. The summed E-state index contributed by atoms with van der Waals surface area (Å²) in [5, 5.41) is 0. The highest BCUT2D eigenvalue weighted by atomic mass is 16.5. The summed E-state index contributed by atoms with van der Waals surface area (Å²) in [6, 6.07) is 0. The highest BCUT2D eigenvalue weighted by Gasteiger charge is 2.63. The zero-order valence-corrected chi connectivity index (χ0v) is 15.7. The summed E-state index contributed by atoms with van der Waals surface area (Å²) in [6.07, 6.45) is 6.78. The summed E-state index contributed by atoms with van der Waals surface area (Å²) in [4.78, 5) is 37.3. The number of ketones is 2. The Balaban J connectivity index is 1.72. The van der Waals surface area contributed by atoms with Crippen LogP contribution in [-0.2, 0) is 19.1 Å². The molecule has 4 fully saturated rings. The molecule has 0 aromatic heterocycles. The molecule has 0 saturated heterocycles. The van der Waals surface area contributed by atoms with Crippen molar-refractivity contribution in [2.45, 2.75) is 65.2 Å². The zero-order valence-electron chi connectivity index (χ0n) is 15.7. The lowest BCUT2D eigenvalue weighted by Crippen LogP contribution is -2.58. The van der Waals surface area contributed by atoms with Gasteiger partial charge in [0.25, 0.3) is 0 Å². The van der Waals surface area contributed by atoms with Gasteiger partial charge in [-0.15, -0.1) is 0 Å². The Bertz CT molecular complexity index is 625. The Morgan fingerprint density at radius 1 is 1.04 bits per heavy atom. The number of fused-ring (bicyclic) bond motifs is 5. The van der Waals surface area contributed by atoms with Crippen molar-refractivity contribution in [3.8, 4) is 0 Å². The average molecular weight is 346 g/mol. The number of esters is 1. The fourth-order valence-corrected chi connectivity index (χ4v) is 7.39. The number of carbonyl (C=O) groups is 3. The molecule has 4 rings (SSSR count). The monoisotopic (exact) mass is 346 g/mol. The number of Topliss-reactive ketones (excluding diaryl/α,β-unsaturated/α-hetero) is 2. The number of methoxy groups -OCH3 is 1. The lowest BCUT2D eigenvalue weighted by molar-refractivity contribution is -0.177. The van der Waals surface area contributed by atoms with Gasteiger partial charge < -0.3 is 4.74 Å². The molecule has 25 heavy (non-hydrogen) atoms. The molecule has 0 aromatic rings. The fourth-order valence-electron chi connectivity index (χ4n) is 7.39. The van der Waals surface area contributed by atoms with Crippen LogP contribution >= 0.6 is 0 Å². The minimum atomic E-state index is -0.307. The second-order valence-electron chi connectivity index (χ2n) is 9.46. The molecule has 0 heterocycles. The van der Waals surface area contributed by atoms with Crippen LogP contribution < -0.4 is 0 Å². The van der Waals surface area contributed by atoms with E-state index in [9.17, 15) is 14.4 Å². The molecule has 2 unspecified atom stereocenters. The number of carbonyl (C=O) groups excluding carboxylic acids is 3. The van der Waals surface area contributed by atoms with E-state index in [1.807, 2.05) is 0 Å². The predicted octanol–water partition coefficient (Wildman–Crippen LogP) is 3.57. The first-order valence-corrected chi connectivity index (χ1v) is 9.95. The summed E-state index contributed by atoms with van der Waals surface area (Å²) in [6.45, 7) is 4.43. The molecule has 4 heteroatoms.